The van der Waals surface area contributed by atoms with Gasteiger partial charge in [-0.2, -0.15) is 0 Å². The number of aliphatic hydroxyl groups is 1. The van der Waals surface area contributed by atoms with Crippen molar-refractivity contribution >= 4 is 11.6 Å². The van der Waals surface area contributed by atoms with Crippen LogP contribution in [0.25, 0.3) is 0 Å². The first-order chi connectivity index (χ1) is 12.0. The highest BCUT2D eigenvalue weighted by Crippen LogP contribution is 2.32. The highest BCUT2D eigenvalue weighted by atomic mass is 16.3. The van der Waals surface area contributed by atoms with E-state index >= 15 is 0 Å². The van der Waals surface area contributed by atoms with E-state index in [0.29, 0.717) is 11.1 Å². The van der Waals surface area contributed by atoms with Crippen LogP contribution in [0.3, 0.4) is 0 Å². The lowest BCUT2D eigenvalue weighted by Crippen LogP contribution is -2.41. The van der Waals surface area contributed by atoms with E-state index in [1.54, 1.807) is 24.3 Å². The van der Waals surface area contributed by atoms with Crippen molar-refractivity contribution < 1.29 is 9.90 Å². The van der Waals surface area contributed by atoms with Crippen LogP contribution in [0.2, 0.25) is 0 Å². The Morgan fingerprint density at radius 2 is 1.20 bits per heavy atom. The normalized spacial score (nSPS) is 11.2. The Kier molecular flexibility index (Phi) is 4.68. The Balaban J connectivity index is 2.08. The van der Waals surface area contributed by atoms with Crippen molar-refractivity contribution in [1.82, 2.24) is 0 Å². The summed E-state index contributed by atoms with van der Waals surface area (Å²) >= 11 is 0. The van der Waals surface area contributed by atoms with Gasteiger partial charge in [-0.25, -0.2) is 0 Å². The number of hydrogen-bond acceptors (Lipinski definition) is 2. The Morgan fingerprint density at radius 1 is 0.760 bits per heavy atom. The first kappa shape index (κ1) is 16.9. The molecule has 3 aromatic carbocycles. The van der Waals surface area contributed by atoms with Gasteiger partial charge in [-0.3, -0.25) is 4.79 Å². The van der Waals surface area contributed by atoms with Crippen molar-refractivity contribution in [3.63, 3.8) is 0 Å². The monoisotopic (exact) mass is 331 g/mol. The van der Waals surface area contributed by atoms with Crippen LogP contribution in [0.1, 0.15) is 22.3 Å². The summed E-state index contributed by atoms with van der Waals surface area (Å²) in [5.74, 6) is -0.470. The molecule has 0 aromatic heterocycles. The molecule has 0 saturated carbocycles. The van der Waals surface area contributed by atoms with E-state index in [1.807, 2.05) is 68.4 Å². The Labute approximate surface area is 148 Å². The molecule has 0 aliphatic heterocycles. The van der Waals surface area contributed by atoms with Crippen LogP contribution in [-0.2, 0) is 10.4 Å². The minimum absolute atomic E-state index is 0.470. The number of para-hydroxylation sites is 1. The fraction of sp³-hybridized carbons (Fsp3) is 0.136. The average Bonchev–Trinajstić information content (AvgIpc) is 2.65. The molecule has 25 heavy (non-hydrogen) atoms. The molecule has 0 heterocycles. The van der Waals surface area contributed by atoms with Crippen molar-refractivity contribution in [3.8, 4) is 0 Å². The zero-order valence-electron chi connectivity index (χ0n) is 14.4. The molecule has 3 heteroatoms. The van der Waals surface area contributed by atoms with Gasteiger partial charge in [-0.1, -0.05) is 78.9 Å². The smallest absolute Gasteiger partial charge is 0.265 e. The zero-order chi connectivity index (χ0) is 17.9. The second-order valence-corrected chi connectivity index (χ2v) is 6.16. The molecule has 3 aromatic rings. The molecule has 0 bridgehead atoms. The second kappa shape index (κ2) is 6.91. The van der Waals surface area contributed by atoms with Crippen molar-refractivity contribution in [2.24, 2.45) is 0 Å². The van der Waals surface area contributed by atoms with E-state index in [4.69, 9.17) is 0 Å². The third-order valence-electron chi connectivity index (χ3n) is 4.43. The summed E-state index contributed by atoms with van der Waals surface area (Å²) in [5, 5.41) is 14.4. The predicted molar refractivity (Wildman–Crippen MR) is 100 cm³/mol. The predicted octanol–water partition coefficient (Wildman–Crippen LogP) is 4.18. The van der Waals surface area contributed by atoms with E-state index in [0.717, 1.165) is 16.8 Å². The molecule has 0 radical (unpaired) electrons. The molecule has 3 rings (SSSR count). The van der Waals surface area contributed by atoms with Crippen LogP contribution in [0.5, 0.6) is 0 Å². The number of benzene rings is 3. The molecular weight excluding hydrogens is 310 g/mol. The van der Waals surface area contributed by atoms with E-state index < -0.39 is 11.5 Å². The molecule has 0 unspecified atom stereocenters. The maximum Gasteiger partial charge on any atom is 0.265 e. The molecule has 0 atom stereocenters. The largest absolute Gasteiger partial charge is 0.372 e. The molecule has 0 saturated heterocycles. The second-order valence-electron chi connectivity index (χ2n) is 6.16. The van der Waals surface area contributed by atoms with Crippen LogP contribution < -0.4 is 5.32 Å². The summed E-state index contributed by atoms with van der Waals surface area (Å²) < 4.78 is 0. The van der Waals surface area contributed by atoms with Gasteiger partial charge in [0.05, 0.1) is 0 Å². The average molecular weight is 331 g/mol. The maximum absolute atomic E-state index is 13.2. The van der Waals surface area contributed by atoms with Gasteiger partial charge >= 0.3 is 0 Å². The lowest BCUT2D eigenvalue weighted by molar-refractivity contribution is -0.131. The molecule has 126 valence electrons. The third kappa shape index (κ3) is 3.19. The summed E-state index contributed by atoms with van der Waals surface area (Å²) in [6.45, 7) is 3.87. The van der Waals surface area contributed by atoms with Gasteiger partial charge in [0, 0.05) is 5.69 Å². The van der Waals surface area contributed by atoms with Crippen molar-refractivity contribution in [1.29, 1.82) is 0 Å². The number of amides is 1. The van der Waals surface area contributed by atoms with E-state index in [-0.39, 0.29) is 0 Å². The highest BCUT2D eigenvalue weighted by Gasteiger charge is 2.40. The number of hydrogen-bond donors (Lipinski definition) is 2. The number of anilines is 1. The SMILES string of the molecule is Cc1cccc(C)c1NC(=O)C(O)(c1ccccc1)c1ccccc1. The van der Waals surface area contributed by atoms with Crippen LogP contribution in [0.4, 0.5) is 5.69 Å². The standard InChI is InChI=1S/C22H21NO2/c1-16-10-9-11-17(2)20(16)23-21(24)22(25,18-12-5-3-6-13-18)19-14-7-4-8-15-19/h3-15,25H,1-2H3,(H,23,24). The van der Waals surface area contributed by atoms with E-state index in [1.165, 1.54) is 0 Å². The molecule has 1 amide bonds. The van der Waals surface area contributed by atoms with Gasteiger partial charge in [0.1, 0.15) is 0 Å². The van der Waals surface area contributed by atoms with Crippen molar-refractivity contribution in [2.75, 3.05) is 5.32 Å². The summed E-state index contributed by atoms with van der Waals surface area (Å²) in [6, 6.07) is 23.8. The van der Waals surface area contributed by atoms with Gasteiger partial charge in [0.25, 0.3) is 5.91 Å². The minimum atomic E-state index is -1.77. The summed E-state index contributed by atoms with van der Waals surface area (Å²) in [6.07, 6.45) is 0. The van der Waals surface area contributed by atoms with Crippen LogP contribution in [0.15, 0.2) is 78.9 Å². The Morgan fingerprint density at radius 3 is 1.64 bits per heavy atom. The van der Waals surface area contributed by atoms with Crippen molar-refractivity contribution in [2.45, 2.75) is 19.4 Å². The fourth-order valence-corrected chi connectivity index (χ4v) is 3.00. The molecule has 2 N–H and O–H groups in total. The van der Waals surface area contributed by atoms with E-state index in [2.05, 4.69) is 5.32 Å². The summed E-state index contributed by atoms with van der Waals surface area (Å²) in [7, 11) is 0. The maximum atomic E-state index is 13.2. The minimum Gasteiger partial charge on any atom is -0.372 e. The number of rotatable bonds is 4. The first-order valence-corrected chi connectivity index (χ1v) is 8.24. The molecular formula is C22H21NO2. The van der Waals surface area contributed by atoms with Crippen molar-refractivity contribution in [3.05, 3.63) is 101 Å². The molecule has 0 spiro atoms. The highest BCUT2D eigenvalue weighted by molar-refractivity contribution is 6.01. The number of nitrogens with one attached hydrogen (secondary N) is 1. The lowest BCUT2D eigenvalue weighted by Gasteiger charge is -2.28. The van der Waals surface area contributed by atoms with Gasteiger partial charge < -0.3 is 10.4 Å². The molecule has 0 aliphatic carbocycles. The molecule has 3 nitrogen and oxygen atoms in total. The third-order valence-corrected chi connectivity index (χ3v) is 4.43. The number of carbonyl (C=O) groups is 1. The van der Waals surface area contributed by atoms with Gasteiger partial charge in [-0.15, -0.1) is 0 Å². The lowest BCUT2D eigenvalue weighted by atomic mass is 9.85. The van der Waals surface area contributed by atoms with Crippen LogP contribution in [-0.4, -0.2) is 11.0 Å². The van der Waals surface area contributed by atoms with Gasteiger partial charge in [0.2, 0.25) is 0 Å². The molecule has 0 fully saturated rings. The number of carbonyl (C=O) groups excluding carboxylic acids is 1. The molecule has 0 aliphatic rings. The van der Waals surface area contributed by atoms with Crippen LogP contribution >= 0.6 is 0 Å². The topological polar surface area (TPSA) is 49.3 Å². The fourth-order valence-electron chi connectivity index (χ4n) is 3.00. The number of aryl methyl sites for hydroxylation is 2. The Hall–Kier alpha value is -2.91. The zero-order valence-corrected chi connectivity index (χ0v) is 14.4. The van der Waals surface area contributed by atoms with Gasteiger partial charge in [0.15, 0.2) is 5.60 Å². The Bertz CT molecular complexity index is 813. The summed E-state index contributed by atoms with van der Waals surface area (Å²) in [5.41, 5.74) is 1.94. The summed E-state index contributed by atoms with van der Waals surface area (Å²) in [4.78, 5) is 13.2. The quantitative estimate of drug-likeness (QED) is 0.753. The van der Waals surface area contributed by atoms with Crippen LogP contribution in [0, 0.1) is 13.8 Å². The first-order valence-electron chi connectivity index (χ1n) is 8.24. The van der Waals surface area contributed by atoms with E-state index in [9.17, 15) is 9.90 Å². The van der Waals surface area contributed by atoms with Gasteiger partial charge in [-0.05, 0) is 36.1 Å².